The van der Waals surface area contributed by atoms with Crippen LogP contribution in [0.1, 0.15) is 5.56 Å². The minimum Gasteiger partial charge on any atom is -0.301 e. The molecule has 2 aromatic rings. The van der Waals surface area contributed by atoms with E-state index >= 15 is 0 Å². The molecule has 110 valence electrons. The zero-order valence-electron chi connectivity index (χ0n) is 11.4. The van der Waals surface area contributed by atoms with Gasteiger partial charge in [-0.1, -0.05) is 35.3 Å². The molecule has 2 aromatic carbocycles. The van der Waals surface area contributed by atoms with Gasteiger partial charge in [-0.05, 0) is 48.0 Å². The maximum Gasteiger partial charge on any atom is 0.299 e. The summed E-state index contributed by atoms with van der Waals surface area (Å²) < 4.78 is 0. The fraction of sp³-hybridized carbons (Fsp3) is 0.0588. The zero-order valence-corrected chi connectivity index (χ0v) is 12.9. The van der Waals surface area contributed by atoms with Crippen molar-refractivity contribution in [1.29, 1.82) is 0 Å². The second-order valence-corrected chi connectivity index (χ2v) is 5.79. The number of benzene rings is 2. The lowest BCUT2D eigenvalue weighted by Crippen LogP contribution is -2.26. The third-order valence-electron chi connectivity index (χ3n) is 3.41. The highest BCUT2D eigenvalue weighted by atomic mass is 35.5. The minimum atomic E-state index is -0.525. The summed E-state index contributed by atoms with van der Waals surface area (Å²) in [4.78, 5) is 25.7. The summed E-state index contributed by atoms with van der Waals surface area (Å²) in [5, 5.41) is 1.21. The molecule has 0 spiro atoms. The average Bonchev–Trinajstić information content (AvgIpc) is 2.79. The van der Waals surface area contributed by atoms with Crippen LogP contribution in [0, 0.1) is 0 Å². The van der Waals surface area contributed by atoms with E-state index in [0.717, 1.165) is 5.56 Å². The third-order valence-corrected chi connectivity index (χ3v) is 3.91. The summed E-state index contributed by atoms with van der Waals surface area (Å²) in [6.07, 6.45) is 1.71. The molecule has 3 nitrogen and oxygen atoms in total. The molecule has 0 atom stereocenters. The largest absolute Gasteiger partial charge is 0.301 e. The predicted molar refractivity (Wildman–Crippen MR) is 88.2 cm³/mol. The number of ketones is 1. The maximum absolute atomic E-state index is 12.1. The molecule has 0 saturated carbocycles. The summed E-state index contributed by atoms with van der Waals surface area (Å²) in [6, 6.07) is 13.9. The molecule has 1 aliphatic rings. The quantitative estimate of drug-likeness (QED) is 0.616. The van der Waals surface area contributed by atoms with Gasteiger partial charge in [-0.3, -0.25) is 9.59 Å². The molecular formula is C17H11Cl2NO2. The molecule has 0 radical (unpaired) electrons. The zero-order chi connectivity index (χ0) is 15.7. The summed E-state index contributed by atoms with van der Waals surface area (Å²) in [6.45, 7) is 0.252. The van der Waals surface area contributed by atoms with Crippen LogP contribution in [0.4, 0.5) is 5.69 Å². The van der Waals surface area contributed by atoms with Gasteiger partial charge in [0.2, 0.25) is 5.78 Å². The van der Waals surface area contributed by atoms with Crippen LogP contribution in [0.5, 0.6) is 0 Å². The number of nitrogens with zero attached hydrogens (tertiary/aromatic N) is 1. The predicted octanol–water partition coefficient (Wildman–Crippen LogP) is 3.99. The van der Waals surface area contributed by atoms with E-state index < -0.39 is 11.7 Å². The molecule has 0 aliphatic carbocycles. The van der Waals surface area contributed by atoms with Gasteiger partial charge in [0.15, 0.2) is 0 Å². The number of rotatable bonds is 2. The Balaban J connectivity index is 1.89. The third kappa shape index (κ3) is 2.91. The maximum atomic E-state index is 12.1. The average molecular weight is 332 g/mol. The summed E-state index contributed by atoms with van der Waals surface area (Å²) in [7, 11) is 0. The van der Waals surface area contributed by atoms with Gasteiger partial charge >= 0.3 is 0 Å². The summed E-state index contributed by atoms with van der Waals surface area (Å²) >= 11 is 11.7. The normalized spacial score (nSPS) is 16.6. The first-order chi connectivity index (χ1) is 10.5. The molecule has 0 bridgehead atoms. The Hall–Kier alpha value is -2.10. The smallest absolute Gasteiger partial charge is 0.299 e. The standard InChI is InChI=1S/C17H11Cl2NO2/c18-13-3-1-11(2-4-13)9-12-10-20(17(22)16(12)21)15-7-5-14(19)6-8-15/h1-9H,10H2/b12-9+. The molecule has 0 unspecified atom stereocenters. The van der Waals surface area contributed by atoms with Crippen molar-refractivity contribution >= 4 is 46.7 Å². The van der Waals surface area contributed by atoms with Crippen LogP contribution in [-0.2, 0) is 9.59 Å². The Morgan fingerprint density at radius 3 is 2.00 bits per heavy atom. The second kappa shape index (κ2) is 5.95. The molecule has 0 aromatic heterocycles. The summed E-state index contributed by atoms with van der Waals surface area (Å²) in [5.74, 6) is -1.01. The van der Waals surface area contributed by atoms with E-state index in [1.54, 1.807) is 54.6 Å². The monoisotopic (exact) mass is 331 g/mol. The second-order valence-electron chi connectivity index (χ2n) is 4.92. The number of Topliss-reactive ketones (excluding diaryl/α,β-unsaturated/α-hetero) is 1. The number of hydrogen-bond acceptors (Lipinski definition) is 2. The molecule has 5 heteroatoms. The van der Waals surface area contributed by atoms with Crippen molar-refractivity contribution in [1.82, 2.24) is 0 Å². The number of halogens is 2. The Bertz CT molecular complexity index is 764. The van der Waals surface area contributed by atoms with Gasteiger partial charge in [0.05, 0.1) is 6.54 Å². The van der Waals surface area contributed by atoms with E-state index in [1.165, 1.54) is 4.90 Å². The van der Waals surface area contributed by atoms with Crippen LogP contribution < -0.4 is 4.90 Å². The van der Waals surface area contributed by atoms with Crippen molar-refractivity contribution in [2.24, 2.45) is 0 Å². The fourth-order valence-corrected chi connectivity index (χ4v) is 2.53. The van der Waals surface area contributed by atoms with Crippen molar-refractivity contribution in [2.75, 3.05) is 11.4 Å². The number of amides is 1. The number of anilines is 1. The molecule has 1 aliphatic heterocycles. The summed E-state index contributed by atoms with van der Waals surface area (Å²) in [5.41, 5.74) is 1.95. The SMILES string of the molecule is O=C1C(=O)N(c2ccc(Cl)cc2)C/C1=C\c1ccc(Cl)cc1. The molecule has 22 heavy (non-hydrogen) atoms. The van der Waals surface area contributed by atoms with E-state index in [4.69, 9.17) is 23.2 Å². The van der Waals surface area contributed by atoms with Gasteiger partial charge in [0.25, 0.3) is 5.91 Å². The van der Waals surface area contributed by atoms with Crippen molar-refractivity contribution in [3.63, 3.8) is 0 Å². The van der Waals surface area contributed by atoms with Crippen molar-refractivity contribution in [2.45, 2.75) is 0 Å². The van der Waals surface area contributed by atoms with Gasteiger partial charge in [0, 0.05) is 21.3 Å². The van der Waals surface area contributed by atoms with Crippen molar-refractivity contribution in [3.05, 3.63) is 69.7 Å². The Morgan fingerprint density at radius 1 is 0.864 bits per heavy atom. The first-order valence-electron chi connectivity index (χ1n) is 6.62. The van der Waals surface area contributed by atoms with E-state index in [2.05, 4.69) is 0 Å². The Morgan fingerprint density at radius 2 is 1.41 bits per heavy atom. The van der Waals surface area contributed by atoms with E-state index in [0.29, 0.717) is 21.3 Å². The van der Waals surface area contributed by atoms with Gasteiger partial charge in [-0.15, -0.1) is 0 Å². The molecule has 1 heterocycles. The lowest BCUT2D eigenvalue weighted by Gasteiger charge is -2.14. The van der Waals surface area contributed by atoms with Gasteiger partial charge in [-0.2, -0.15) is 0 Å². The van der Waals surface area contributed by atoms with E-state index in [1.807, 2.05) is 0 Å². The number of hydrogen-bond donors (Lipinski definition) is 0. The van der Waals surface area contributed by atoms with Gasteiger partial charge in [-0.25, -0.2) is 0 Å². The van der Waals surface area contributed by atoms with Crippen molar-refractivity contribution in [3.8, 4) is 0 Å². The van der Waals surface area contributed by atoms with Crippen LogP contribution >= 0.6 is 23.2 Å². The molecule has 3 rings (SSSR count). The van der Waals surface area contributed by atoms with Crippen LogP contribution in [0.3, 0.4) is 0 Å². The fourth-order valence-electron chi connectivity index (χ4n) is 2.27. The van der Waals surface area contributed by atoms with E-state index in [-0.39, 0.29) is 6.54 Å². The molecule has 1 saturated heterocycles. The molecule has 1 fully saturated rings. The van der Waals surface area contributed by atoms with Crippen molar-refractivity contribution < 1.29 is 9.59 Å². The minimum absolute atomic E-state index is 0.252. The highest BCUT2D eigenvalue weighted by Gasteiger charge is 2.34. The lowest BCUT2D eigenvalue weighted by atomic mass is 10.1. The molecule has 0 N–H and O–H groups in total. The van der Waals surface area contributed by atoms with Gasteiger partial charge in [0.1, 0.15) is 0 Å². The van der Waals surface area contributed by atoms with Crippen LogP contribution in [0.25, 0.3) is 6.08 Å². The lowest BCUT2D eigenvalue weighted by molar-refractivity contribution is -0.132. The first-order valence-corrected chi connectivity index (χ1v) is 7.38. The van der Waals surface area contributed by atoms with E-state index in [9.17, 15) is 9.59 Å². The molecule has 1 amide bonds. The highest BCUT2D eigenvalue weighted by molar-refractivity contribution is 6.51. The topological polar surface area (TPSA) is 37.4 Å². The first kappa shape index (κ1) is 14.8. The number of carbonyl (C=O) groups excluding carboxylic acids is 2. The Kier molecular flexibility index (Phi) is 4.01. The van der Waals surface area contributed by atoms with Crippen LogP contribution in [-0.4, -0.2) is 18.2 Å². The Labute approximate surface area is 137 Å². The molecular weight excluding hydrogens is 321 g/mol. The van der Waals surface area contributed by atoms with Crippen LogP contribution in [0.2, 0.25) is 10.0 Å². The highest BCUT2D eigenvalue weighted by Crippen LogP contribution is 2.25. The van der Waals surface area contributed by atoms with Gasteiger partial charge < -0.3 is 4.90 Å². The number of carbonyl (C=O) groups is 2. The van der Waals surface area contributed by atoms with Crippen LogP contribution in [0.15, 0.2) is 54.1 Å².